The summed E-state index contributed by atoms with van der Waals surface area (Å²) in [6.45, 7) is 3.70. The Balaban J connectivity index is 2.09. The molecule has 0 aliphatic rings. The maximum Gasteiger partial charge on any atom is 0.246 e. The van der Waals surface area contributed by atoms with Crippen molar-refractivity contribution in [2.45, 2.75) is 20.4 Å². The largest absolute Gasteiger partial charge is 0.396 e. The molecule has 1 aromatic heterocycles. The number of nitrogens with zero attached hydrogens (tertiary/aromatic N) is 3. The van der Waals surface area contributed by atoms with Crippen LogP contribution in [0.1, 0.15) is 17.0 Å². The Morgan fingerprint density at radius 3 is 2.85 bits per heavy atom. The van der Waals surface area contributed by atoms with Crippen molar-refractivity contribution >= 4 is 17.3 Å². The van der Waals surface area contributed by atoms with Crippen molar-refractivity contribution in [3.63, 3.8) is 0 Å². The Hall–Kier alpha value is -2.81. The SMILES string of the molecule is Cc1nn(CC(=O)Nc2cccc(C#N)c2)c(C)c1N. The minimum absolute atomic E-state index is 0.0840. The first-order valence-corrected chi connectivity index (χ1v) is 6.10. The Bertz CT molecular complexity index is 696. The number of aryl methyl sites for hydroxylation is 1. The lowest BCUT2D eigenvalue weighted by Gasteiger charge is -2.07. The van der Waals surface area contributed by atoms with Gasteiger partial charge in [0.15, 0.2) is 0 Å². The maximum absolute atomic E-state index is 12.0. The van der Waals surface area contributed by atoms with Gasteiger partial charge in [0.05, 0.1) is 28.7 Å². The second kappa shape index (κ2) is 5.45. The number of amides is 1. The van der Waals surface area contributed by atoms with Gasteiger partial charge in [0.1, 0.15) is 6.54 Å². The lowest BCUT2D eigenvalue weighted by molar-refractivity contribution is -0.116. The van der Waals surface area contributed by atoms with Gasteiger partial charge in [0.25, 0.3) is 0 Å². The first kappa shape index (κ1) is 13.6. The molecule has 0 radical (unpaired) electrons. The van der Waals surface area contributed by atoms with Crippen LogP contribution in [0.3, 0.4) is 0 Å². The van der Waals surface area contributed by atoms with Crippen LogP contribution in [0, 0.1) is 25.2 Å². The molecule has 0 spiro atoms. The molecule has 102 valence electrons. The summed E-state index contributed by atoms with van der Waals surface area (Å²) in [5.41, 5.74) is 8.98. The molecule has 6 nitrogen and oxygen atoms in total. The van der Waals surface area contributed by atoms with E-state index >= 15 is 0 Å². The van der Waals surface area contributed by atoms with E-state index in [1.807, 2.05) is 13.0 Å². The van der Waals surface area contributed by atoms with E-state index in [-0.39, 0.29) is 12.5 Å². The summed E-state index contributed by atoms with van der Waals surface area (Å²) in [4.78, 5) is 12.0. The lowest BCUT2D eigenvalue weighted by atomic mass is 10.2. The van der Waals surface area contributed by atoms with Gasteiger partial charge in [-0.05, 0) is 32.0 Å². The smallest absolute Gasteiger partial charge is 0.246 e. The molecule has 1 aromatic carbocycles. The topological polar surface area (TPSA) is 96.7 Å². The van der Waals surface area contributed by atoms with E-state index < -0.39 is 0 Å². The average molecular weight is 269 g/mol. The molecule has 0 aliphatic heterocycles. The third-order valence-electron chi connectivity index (χ3n) is 3.01. The summed E-state index contributed by atoms with van der Waals surface area (Å²) < 4.78 is 1.56. The van der Waals surface area contributed by atoms with Crippen LogP contribution < -0.4 is 11.1 Å². The second-order valence-corrected chi connectivity index (χ2v) is 4.48. The van der Waals surface area contributed by atoms with Crippen LogP contribution in [-0.4, -0.2) is 15.7 Å². The van der Waals surface area contributed by atoms with Gasteiger partial charge in [0, 0.05) is 5.69 Å². The standard InChI is InChI=1S/C14H15N5O/c1-9-14(16)10(2)19(18-9)8-13(20)17-12-5-3-4-11(6-12)7-15/h3-6H,8,16H2,1-2H3,(H,17,20). The number of anilines is 2. The highest BCUT2D eigenvalue weighted by molar-refractivity contribution is 5.90. The Morgan fingerprint density at radius 1 is 1.50 bits per heavy atom. The van der Waals surface area contributed by atoms with Gasteiger partial charge in [-0.15, -0.1) is 0 Å². The second-order valence-electron chi connectivity index (χ2n) is 4.48. The number of carbonyl (C=O) groups is 1. The van der Waals surface area contributed by atoms with Crippen LogP contribution in [0.4, 0.5) is 11.4 Å². The van der Waals surface area contributed by atoms with Crippen molar-refractivity contribution < 1.29 is 4.79 Å². The minimum Gasteiger partial charge on any atom is -0.396 e. The number of benzene rings is 1. The fourth-order valence-electron chi connectivity index (χ4n) is 1.87. The van der Waals surface area contributed by atoms with Gasteiger partial charge >= 0.3 is 0 Å². The Kier molecular flexibility index (Phi) is 3.71. The third-order valence-corrected chi connectivity index (χ3v) is 3.01. The number of nitriles is 1. The number of hydrogen-bond acceptors (Lipinski definition) is 4. The number of carbonyl (C=O) groups excluding carboxylic acids is 1. The fourth-order valence-corrected chi connectivity index (χ4v) is 1.87. The summed E-state index contributed by atoms with van der Waals surface area (Å²) >= 11 is 0. The predicted molar refractivity (Wildman–Crippen MR) is 75.9 cm³/mol. The number of hydrogen-bond donors (Lipinski definition) is 2. The summed E-state index contributed by atoms with van der Waals surface area (Å²) in [6, 6.07) is 8.77. The molecule has 3 N–H and O–H groups in total. The molecule has 6 heteroatoms. The normalized spacial score (nSPS) is 10.1. The van der Waals surface area contributed by atoms with E-state index in [0.29, 0.717) is 22.6 Å². The van der Waals surface area contributed by atoms with Crippen molar-refractivity contribution in [1.82, 2.24) is 9.78 Å². The monoisotopic (exact) mass is 269 g/mol. The molecule has 0 unspecified atom stereocenters. The minimum atomic E-state index is -0.217. The van der Waals surface area contributed by atoms with E-state index in [2.05, 4.69) is 10.4 Å². The summed E-state index contributed by atoms with van der Waals surface area (Å²) in [7, 11) is 0. The quantitative estimate of drug-likeness (QED) is 0.884. The molecule has 0 saturated heterocycles. The molecule has 0 bridgehead atoms. The van der Waals surface area contributed by atoms with Crippen molar-refractivity contribution in [1.29, 1.82) is 5.26 Å². The van der Waals surface area contributed by atoms with Crippen LogP contribution in [0.2, 0.25) is 0 Å². The van der Waals surface area contributed by atoms with Crippen LogP contribution in [0.25, 0.3) is 0 Å². The molecule has 1 amide bonds. The van der Waals surface area contributed by atoms with Gasteiger partial charge < -0.3 is 11.1 Å². The van der Waals surface area contributed by atoms with E-state index in [0.717, 1.165) is 5.69 Å². The van der Waals surface area contributed by atoms with Crippen LogP contribution >= 0.6 is 0 Å². The summed E-state index contributed by atoms with van der Waals surface area (Å²) in [5.74, 6) is -0.217. The molecule has 1 heterocycles. The van der Waals surface area contributed by atoms with E-state index in [1.54, 1.807) is 35.9 Å². The van der Waals surface area contributed by atoms with Gasteiger partial charge in [-0.3, -0.25) is 9.48 Å². The zero-order chi connectivity index (χ0) is 14.7. The Morgan fingerprint density at radius 2 is 2.25 bits per heavy atom. The number of nitrogens with two attached hydrogens (primary N) is 1. The van der Waals surface area contributed by atoms with E-state index in [9.17, 15) is 4.79 Å². The number of nitrogen functional groups attached to an aromatic ring is 1. The summed E-state index contributed by atoms with van der Waals surface area (Å²) in [5, 5.41) is 15.7. The van der Waals surface area contributed by atoms with Crippen LogP contribution in [0.5, 0.6) is 0 Å². The molecular formula is C14H15N5O. The molecule has 2 rings (SSSR count). The highest BCUT2D eigenvalue weighted by atomic mass is 16.2. The van der Waals surface area contributed by atoms with Crippen molar-refractivity contribution in [3.05, 3.63) is 41.2 Å². The zero-order valence-corrected chi connectivity index (χ0v) is 11.3. The fraction of sp³-hybridized carbons (Fsp3) is 0.214. The first-order valence-electron chi connectivity index (χ1n) is 6.10. The highest BCUT2D eigenvalue weighted by Crippen LogP contribution is 2.15. The number of nitrogens with one attached hydrogen (secondary N) is 1. The molecule has 0 fully saturated rings. The maximum atomic E-state index is 12.0. The predicted octanol–water partition coefficient (Wildman–Crippen LogP) is 1.59. The third kappa shape index (κ3) is 2.78. The van der Waals surface area contributed by atoms with Gasteiger partial charge in [-0.1, -0.05) is 6.07 Å². The van der Waals surface area contributed by atoms with E-state index in [4.69, 9.17) is 11.0 Å². The molecule has 0 atom stereocenters. The lowest BCUT2D eigenvalue weighted by Crippen LogP contribution is -2.20. The van der Waals surface area contributed by atoms with Crippen molar-refractivity contribution in [3.8, 4) is 6.07 Å². The highest BCUT2D eigenvalue weighted by Gasteiger charge is 2.11. The Labute approximate surface area is 116 Å². The van der Waals surface area contributed by atoms with Crippen molar-refractivity contribution in [2.75, 3.05) is 11.1 Å². The van der Waals surface area contributed by atoms with E-state index in [1.165, 1.54) is 0 Å². The van der Waals surface area contributed by atoms with Crippen molar-refractivity contribution in [2.24, 2.45) is 0 Å². The molecule has 0 aliphatic carbocycles. The van der Waals surface area contributed by atoms with Gasteiger partial charge in [-0.2, -0.15) is 10.4 Å². The zero-order valence-electron chi connectivity index (χ0n) is 11.3. The van der Waals surface area contributed by atoms with Gasteiger partial charge in [0.2, 0.25) is 5.91 Å². The molecule has 2 aromatic rings. The summed E-state index contributed by atoms with van der Waals surface area (Å²) in [6.07, 6.45) is 0. The first-order chi connectivity index (χ1) is 9.51. The number of rotatable bonds is 3. The van der Waals surface area contributed by atoms with Gasteiger partial charge in [-0.25, -0.2) is 0 Å². The molecular weight excluding hydrogens is 254 g/mol. The van der Waals surface area contributed by atoms with Crippen LogP contribution in [-0.2, 0) is 11.3 Å². The van der Waals surface area contributed by atoms with Crippen LogP contribution in [0.15, 0.2) is 24.3 Å². The molecule has 0 saturated carbocycles. The average Bonchev–Trinajstić information content (AvgIpc) is 2.66. The molecule has 20 heavy (non-hydrogen) atoms. The number of aromatic nitrogens is 2.